The molecule has 0 aliphatic rings. The topological polar surface area (TPSA) is 62.7 Å². The molecule has 0 fully saturated rings. The van der Waals surface area contributed by atoms with Crippen LogP contribution in [-0.2, 0) is 20.1 Å². The molecular weight excluding hydrogens is 719 g/mol. The molecule has 0 aliphatic heterocycles. The van der Waals surface area contributed by atoms with Gasteiger partial charge >= 0.3 is 0 Å². The molecule has 8 rings (SSSR count). The molecule has 3 heterocycles. The second-order valence-corrected chi connectivity index (χ2v) is 9.94. The summed E-state index contributed by atoms with van der Waals surface area (Å²) in [5.74, 6) is 0. The van der Waals surface area contributed by atoms with Crippen molar-refractivity contribution in [3.05, 3.63) is 157 Å². The van der Waals surface area contributed by atoms with Crippen LogP contribution in [0.5, 0.6) is 0 Å². The van der Waals surface area contributed by atoms with E-state index in [9.17, 15) is 5.26 Å². The predicted octanol–water partition coefficient (Wildman–Crippen LogP) is 9.69. The number of hydrogen-bond donors (Lipinski definition) is 0. The minimum absolute atomic E-state index is 0. The van der Waals surface area contributed by atoms with E-state index in [4.69, 9.17) is 4.42 Å². The van der Waals surface area contributed by atoms with E-state index in [0.29, 0.717) is 11.1 Å². The van der Waals surface area contributed by atoms with Crippen LogP contribution in [0.15, 0.2) is 144 Å². The molecule has 0 bridgehead atoms. The second-order valence-electron chi connectivity index (χ2n) is 9.94. The van der Waals surface area contributed by atoms with Gasteiger partial charge in [-0.15, -0.1) is 54.1 Å². The number of aromatic nitrogens is 2. The third-order valence-corrected chi connectivity index (χ3v) is 7.33. The van der Waals surface area contributed by atoms with Gasteiger partial charge in [0.25, 0.3) is 0 Å². The molecule has 3 aromatic heterocycles. The Bertz CT molecular complexity index is 2200. The average molecular weight is 742 g/mol. The molecular formula is C39H23IrN3O-2. The van der Waals surface area contributed by atoms with Crippen molar-refractivity contribution in [2.24, 2.45) is 0 Å². The van der Waals surface area contributed by atoms with Gasteiger partial charge < -0.3 is 14.4 Å². The van der Waals surface area contributed by atoms with Crippen molar-refractivity contribution < 1.29 is 24.5 Å². The van der Waals surface area contributed by atoms with Gasteiger partial charge in [0.15, 0.2) is 0 Å². The predicted molar refractivity (Wildman–Crippen MR) is 172 cm³/mol. The van der Waals surface area contributed by atoms with Gasteiger partial charge in [-0.25, -0.2) is 0 Å². The molecule has 0 N–H and O–H groups in total. The summed E-state index contributed by atoms with van der Waals surface area (Å²) in [7, 11) is 0. The Balaban J connectivity index is 0.000000222. The van der Waals surface area contributed by atoms with E-state index in [-0.39, 0.29) is 20.1 Å². The first-order valence-corrected chi connectivity index (χ1v) is 13.9. The van der Waals surface area contributed by atoms with E-state index < -0.39 is 0 Å². The minimum atomic E-state index is 0. The number of fused-ring (bicyclic) bond motifs is 4. The average Bonchev–Trinajstić information content (AvgIpc) is 3.48. The van der Waals surface area contributed by atoms with Crippen LogP contribution in [0.1, 0.15) is 5.56 Å². The maximum absolute atomic E-state index is 9.85. The van der Waals surface area contributed by atoms with Crippen molar-refractivity contribution in [3.8, 4) is 39.7 Å². The molecule has 0 spiro atoms. The Morgan fingerprint density at radius 3 is 2.07 bits per heavy atom. The Kier molecular flexibility index (Phi) is 8.39. The molecule has 1 radical (unpaired) electrons. The molecule has 5 aromatic carbocycles. The normalized spacial score (nSPS) is 10.5. The summed E-state index contributed by atoms with van der Waals surface area (Å²) in [6, 6.07) is 50.4. The molecule has 4 nitrogen and oxygen atoms in total. The van der Waals surface area contributed by atoms with Crippen molar-refractivity contribution in [1.82, 2.24) is 9.97 Å². The van der Waals surface area contributed by atoms with Crippen LogP contribution in [0.3, 0.4) is 0 Å². The Labute approximate surface area is 268 Å². The summed E-state index contributed by atoms with van der Waals surface area (Å²) < 4.78 is 6.46. The van der Waals surface area contributed by atoms with E-state index in [1.807, 2.05) is 97.1 Å². The van der Waals surface area contributed by atoms with Crippen molar-refractivity contribution in [2.45, 2.75) is 0 Å². The van der Waals surface area contributed by atoms with Gasteiger partial charge in [0.05, 0.1) is 17.2 Å². The Hall–Kier alpha value is -5.40. The van der Waals surface area contributed by atoms with E-state index in [2.05, 4.69) is 58.5 Å². The van der Waals surface area contributed by atoms with Crippen molar-refractivity contribution >= 4 is 32.7 Å². The van der Waals surface area contributed by atoms with Gasteiger partial charge in [0.2, 0.25) is 0 Å². The van der Waals surface area contributed by atoms with Crippen LogP contribution in [-0.4, -0.2) is 9.97 Å². The van der Waals surface area contributed by atoms with Crippen LogP contribution >= 0.6 is 0 Å². The molecule has 5 heteroatoms. The fraction of sp³-hybridized carbons (Fsp3) is 0. The van der Waals surface area contributed by atoms with E-state index in [0.717, 1.165) is 60.8 Å². The summed E-state index contributed by atoms with van der Waals surface area (Å²) in [5, 5.41) is 14.1. The molecule has 0 unspecified atom stereocenters. The van der Waals surface area contributed by atoms with Crippen LogP contribution in [0, 0.1) is 23.5 Å². The Morgan fingerprint density at radius 1 is 0.614 bits per heavy atom. The maximum atomic E-state index is 9.85. The third kappa shape index (κ3) is 5.53. The number of rotatable bonds is 3. The molecule has 44 heavy (non-hydrogen) atoms. The van der Waals surface area contributed by atoms with Gasteiger partial charge in [-0.2, -0.15) is 5.26 Å². The first-order valence-electron chi connectivity index (χ1n) is 13.9. The van der Waals surface area contributed by atoms with E-state index in [1.165, 1.54) is 0 Å². The van der Waals surface area contributed by atoms with Gasteiger partial charge in [0.1, 0.15) is 5.58 Å². The molecule has 0 saturated carbocycles. The zero-order valence-corrected chi connectivity index (χ0v) is 25.8. The van der Waals surface area contributed by atoms with Gasteiger partial charge in [-0.05, 0) is 52.0 Å². The van der Waals surface area contributed by atoms with E-state index >= 15 is 0 Å². The number of benzene rings is 5. The number of pyridine rings is 2. The van der Waals surface area contributed by atoms with Gasteiger partial charge in [0, 0.05) is 43.4 Å². The van der Waals surface area contributed by atoms with Crippen molar-refractivity contribution in [2.75, 3.05) is 0 Å². The maximum Gasteiger partial charge on any atom is 0.130 e. The van der Waals surface area contributed by atoms with Crippen LogP contribution in [0.25, 0.3) is 66.4 Å². The minimum Gasteiger partial charge on any atom is -0.500 e. The monoisotopic (exact) mass is 742 g/mol. The molecule has 0 amide bonds. The summed E-state index contributed by atoms with van der Waals surface area (Å²) in [6.45, 7) is 0. The largest absolute Gasteiger partial charge is 0.500 e. The summed E-state index contributed by atoms with van der Waals surface area (Å²) in [4.78, 5) is 8.69. The summed E-state index contributed by atoms with van der Waals surface area (Å²) in [6.07, 6.45) is 3.55. The third-order valence-electron chi connectivity index (χ3n) is 7.33. The molecule has 0 saturated heterocycles. The van der Waals surface area contributed by atoms with Crippen molar-refractivity contribution in [1.29, 1.82) is 5.26 Å². The zero-order chi connectivity index (χ0) is 29.0. The fourth-order valence-electron chi connectivity index (χ4n) is 5.31. The smallest absolute Gasteiger partial charge is 0.130 e. The standard InChI is InChI=1S/C28H15N2O.C11H8N.Ir/c29-17-21-13-14-23-22-8-5-9-24(25-10-3-4-15-30-25)27(22)31-28(23)26(21)20-12-11-18-6-1-2-7-19(18)16-20;1-2-6-10(7-3-1)11-8-4-5-9-12-11;/h1-8,10-16H;1-6,8-9H;/q2*-1;. The zero-order valence-electron chi connectivity index (χ0n) is 23.4. The fourth-order valence-corrected chi connectivity index (χ4v) is 5.31. The first-order chi connectivity index (χ1) is 21.3. The van der Waals surface area contributed by atoms with Crippen LogP contribution in [0.4, 0.5) is 0 Å². The van der Waals surface area contributed by atoms with Crippen LogP contribution < -0.4 is 0 Å². The molecule has 8 aromatic rings. The van der Waals surface area contributed by atoms with Gasteiger partial charge in [-0.3, -0.25) is 0 Å². The number of furan rings is 1. The van der Waals surface area contributed by atoms with Crippen molar-refractivity contribution in [3.63, 3.8) is 0 Å². The Morgan fingerprint density at radius 2 is 1.34 bits per heavy atom. The number of nitriles is 1. The first kappa shape index (κ1) is 28.7. The van der Waals surface area contributed by atoms with Gasteiger partial charge in [-0.1, -0.05) is 77.7 Å². The van der Waals surface area contributed by atoms with Crippen LogP contribution in [0.2, 0.25) is 0 Å². The molecule has 0 atom stereocenters. The quantitative estimate of drug-likeness (QED) is 0.169. The molecule has 0 aliphatic carbocycles. The summed E-state index contributed by atoms with van der Waals surface area (Å²) in [5.41, 5.74) is 7.44. The second kappa shape index (κ2) is 12.9. The van der Waals surface area contributed by atoms with E-state index in [1.54, 1.807) is 12.4 Å². The SMILES string of the molecule is N#Cc1ccc2c(oc3c(-c4ccccn4)[c-]ccc32)c1-c1ccc2ccccc2c1.[Ir].[c-]1ccccc1-c1ccccn1. The number of hydrogen-bond acceptors (Lipinski definition) is 4. The molecule has 211 valence electrons. The summed E-state index contributed by atoms with van der Waals surface area (Å²) >= 11 is 0. The number of nitrogens with zero attached hydrogens (tertiary/aromatic N) is 3.